The molecule has 10 aromatic carbocycles. The molecule has 27 heteroatoms. The Morgan fingerprint density at radius 3 is 2.09 bits per heavy atom. The Labute approximate surface area is 761 Å². The van der Waals surface area contributed by atoms with Crippen molar-refractivity contribution < 1.29 is 47.2 Å². The van der Waals surface area contributed by atoms with E-state index in [2.05, 4.69) is 126 Å². The van der Waals surface area contributed by atoms with Crippen LogP contribution in [0.2, 0.25) is 0 Å². The van der Waals surface area contributed by atoms with Crippen molar-refractivity contribution in [2.24, 2.45) is 0 Å². The Kier molecular flexibility index (Phi) is 23.5. The van der Waals surface area contributed by atoms with Crippen LogP contribution in [0.4, 0.5) is 21.6 Å². The van der Waals surface area contributed by atoms with Gasteiger partial charge < -0.3 is 77.8 Å². The molecule has 132 heavy (non-hydrogen) atoms. The number of aromatic amines is 3. The number of hydrogen-bond donors (Lipinski definition) is 5. The first-order valence-electron chi connectivity index (χ1n) is 45.8. The van der Waals surface area contributed by atoms with Crippen molar-refractivity contribution in [2.75, 3.05) is 115 Å². The maximum atomic E-state index is 14.3. The number of imidazole rings is 1. The number of aliphatic hydroxyl groups is 1. The largest absolute Gasteiger partial charge is 0.493 e. The number of H-pyrrole nitrogens is 3. The summed E-state index contributed by atoms with van der Waals surface area (Å²) in [5.74, 6) is 2.54. The number of aliphatic hydroxyl groups excluding tert-OH is 1. The number of anilines is 3. The van der Waals surface area contributed by atoms with Gasteiger partial charge in [0.15, 0.2) is 34.8 Å². The first kappa shape index (κ1) is 86.4. The number of morpholine rings is 1. The molecule has 4 saturated heterocycles. The number of hydrogen-bond acceptors (Lipinski definition) is 20. The molecule has 12 heterocycles. The number of carbonyl (C=O) groups is 3. The number of halogens is 1. The zero-order valence-electron chi connectivity index (χ0n) is 75.2. The second-order valence-corrected chi connectivity index (χ2v) is 35.9. The molecule has 6 N–H and O–H groups in total. The van der Waals surface area contributed by atoms with Crippen LogP contribution >= 0.6 is 0 Å². The van der Waals surface area contributed by atoms with Crippen molar-refractivity contribution in [1.29, 1.82) is 0 Å². The molecule has 0 saturated carbocycles. The van der Waals surface area contributed by atoms with Crippen molar-refractivity contribution in [2.45, 2.75) is 116 Å². The molecular weight excluding hydrogens is 1660 g/mol. The van der Waals surface area contributed by atoms with Crippen molar-refractivity contribution in [3.63, 3.8) is 0 Å². The van der Waals surface area contributed by atoms with E-state index in [0.717, 1.165) is 178 Å². The van der Waals surface area contributed by atoms with Crippen molar-refractivity contribution in [3.8, 4) is 34.1 Å². The number of nitrogens with zero attached hydrogens (tertiary/aromatic N) is 12. The second-order valence-electron chi connectivity index (χ2n) is 35.9. The summed E-state index contributed by atoms with van der Waals surface area (Å²) >= 11 is 0. The highest BCUT2D eigenvalue weighted by Crippen LogP contribution is 2.56. The molecule has 0 radical (unpaired) electrons. The van der Waals surface area contributed by atoms with Crippen LogP contribution in [0.25, 0.3) is 121 Å². The van der Waals surface area contributed by atoms with E-state index in [1.807, 2.05) is 177 Å². The fraction of sp³-hybridized carbons (Fsp3) is 0.314. The third kappa shape index (κ3) is 15.9. The Morgan fingerprint density at radius 1 is 0.667 bits per heavy atom. The van der Waals surface area contributed by atoms with E-state index < -0.39 is 35.1 Å². The quantitative estimate of drug-likeness (QED) is 0.0394. The number of nitrogen functional groups attached to an aromatic ring is 1. The molecule has 7 aromatic heterocycles. The van der Waals surface area contributed by atoms with Gasteiger partial charge in [-0.2, -0.15) is 5.10 Å². The standard InChI is InChI=1S/C37H33N3O4.C32H43N5O4.C21H21FN6O.C15H10N2O/c1-21(34(42)22-12-6-5-7-13-22)38-20-36(2)39-26-16-10-9-15-24(26)31-30-25(18-19-28(30)41)29-23-14-8-11-17-27(23)40(32(29)33(31)39)37(3,44-36)35(38)43-4;1-24(2)41-27-9-7-25(8-10-27)19-31(39)36-14-16-37(17-15-36)32-28-20-26(22-38)30(21-29(28)33-23-34-32)40-18-6-13-35-11-4-3-5-12-35;1-27-7-9-28(10-8-27)12-5-6-14-16(11-12)25-20(24-14)18-19(23)17-13(22)3-2-4-15(17)26-21(18)29;1-2-6-10(7-3-1)13-15-14(17-16-13)11-8-4-5-9-12(11)18-15/h5-17,21,35H,18-20H2,1-4H3;7-10,20-21,23-24,38H,3-6,11-19,22H2,1-2H3;2-6,11H,7-10H2,1H3,(H,24,25)(H3,23,26,29);1-9H,(H,16,17)/t21?,35-,36+,37-;;;/m0.../s1. The third-order valence-electron chi connectivity index (χ3n) is 27.1. The van der Waals surface area contributed by atoms with Gasteiger partial charge in [-0.15, -0.1) is 0 Å². The number of likely N-dealkylation sites (N-methyl/N-ethyl adjacent to an activating group) is 1. The number of Topliss-reactive ketones (excluding diaryl/α,β-unsaturated/α-hetero) is 2. The van der Waals surface area contributed by atoms with E-state index in [1.54, 1.807) is 19.5 Å². The average molecular weight is 1770 g/mol. The number of carbonyl (C=O) groups excluding carboxylic acids is 3. The molecule has 17 aromatic rings. The van der Waals surface area contributed by atoms with E-state index in [1.165, 1.54) is 44.5 Å². The van der Waals surface area contributed by atoms with Gasteiger partial charge in [-0.05, 0) is 164 Å². The first-order chi connectivity index (χ1) is 64.2. The molecule has 4 fully saturated rings. The summed E-state index contributed by atoms with van der Waals surface area (Å²) in [5.41, 5.74) is 21.0. The molecule has 26 nitrogen and oxygen atoms in total. The number of fused-ring (bicyclic) bond motifs is 19. The van der Waals surface area contributed by atoms with Gasteiger partial charge in [0.2, 0.25) is 5.91 Å². The number of aryl methyl sites for hydroxylation is 1. The summed E-state index contributed by atoms with van der Waals surface area (Å²) in [6.07, 6.45) is 7.60. The third-order valence-corrected chi connectivity index (χ3v) is 27.1. The van der Waals surface area contributed by atoms with Crippen LogP contribution in [0.15, 0.2) is 222 Å². The normalized spacial score (nSPS) is 18.5. The van der Waals surface area contributed by atoms with E-state index >= 15 is 0 Å². The fourth-order valence-corrected chi connectivity index (χ4v) is 20.8. The van der Waals surface area contributed by atoms with Crippen molar-refractivity contribution >= 4 is 133 Å². The Morgan fingerprint density at radius 2 is 1.36 bits per heavy atom. The van der Waals surface area contributed by atoms with Gasteiger partial charge in [-0.25, -0.2) is 19.3 Å². The monoisotopic (exact) mass is 1770 g/mol. The molecule has 0 spiro atoms. The number of benzene rings is 10. The SMILES string of the molecule is CC(C)Oc1ccc(CC(=O)N2CCN(c3ncnc4cc(OCCCN5CCCCC5)c(CO)cc34)CC2)cc1.CN1CCN(c2ccc3nc(-c4c(N)c5c(F)cccc5[nH]c4=O)[nH]c3c2)CC1.CO[C@@H]1N(C(C)C(=O)c2ccccc2)C[C@@]2(C)O[C@]1(C)n1c3ccccc3c3c4c(c5c6ccccc6n2c5c31)C(=O)CC4.c1ccc(-c2n[nH]c3c2oc2ccccc23)cc1. The number of aromatic nitrogens is 9. The highest BCUT2D eigenvalue weighted by atomic mass is 19.1. The van der Waals surface area contributed by atoms with Crippen LogP contribution in [-0.2, 0) is 45.2 Å². The number of likely N-dealkylation sites (tertiary alicyclic amines) is 1. The van der Waals surface area contributed by atoms with Crippen LogP contribution < -0.4 is 30.6 Å². The molecule has 1 amide bonds. The highest BCUT2D eigenvalue weighted by molar-refractivity contribution is 6.31. The highest BCUT2D eigenvalue weighted by Gasteiger charge is 2.58. The number of ether oxygens (including phenoxy) is 4. The molecule has 23 rings (SSSR count). The van der Waals surface area contributed by atoms with Gasteiger partial charge in [0, 0.05) is 145 Å². The molecule has 5 aliphatic heterocycles. The lowest BCUT2D eigenvalue weighted by Crippen LogP contribution is -2.68. The molecule has 6 aliphatic rings. The van der Waals surface area contributed by atoms with Crippen LogP contribution in [0.3, 0.4) is 0 Å². The summed E-state index contributed by atoms with van der Waals surface area (Å²) in [6, 6.07) is 65.9. The van der Waals surface area contributed by atoms with Crippen LogP contribution in [0.5, 0.6) is 11.5 Å². The minimum Gasteiger partial charge on any atom is -0.493 e. The average Bonchev–Trinajstić information content (AvgIpc) is 1.49. The molecule has 4 atom stereocenters. The maximum absolute atomic E-state index is 14.3. The van der Waals surface area contributed by atoms with Gasteiger partial charge in [0.1, 0.15) is 57.6 Å². The van der Waals surface area contributed by atoms with Crippen LogP contribution in [0.1, 0.15) is 104 Å². The number of rotatable bonds is 18. The lowest BCUT2D eigenvalue weighted by atomic mass is 9.97. The molecular formula is C105H107FN16O10. The predicted molar refractivity (Wildman–Crippen MR) is 517 cm³/mol. The van der Waals surface area contributed by atoms with Crippen molar-refractivity contribution in [1.82, 2.24) is 63.9 Å². The van der Waals surface area contributed by atoms with E-state index in [-0.39, 0.29) is 46.8 Å². The minimum absolute atomic E-state index is 0.0330. The van der Waals surface area contributed by atoms with E-state index in [0.29, 0.717) is 81.2 Å². The summed E-state index contributed by atoms with van der Waals surface area (Å²) in [4.78, 5) is 86.4. The molecule has 1 unspecified atom stereocenters. The lowest BCUT2D eigenvalue weighted by Gasteiger charge is -2.55. The number of para-hydroxylation sites is 3. The zero-order chi connectivity index (χ0) is 90.8. The van der Waals surface area contributed by atoms with Gasteiger partial charge in [0.05, 0.1) is 87.0 Å². The topological polar surface area (TPSA) is 293 Å². The van der Waals surface area contributed by atoms with E-state index in [4.69, 9.17) is 29.1 Å². The molecule has 2 bridgehead atoms. The number of nitrogens with two attached hydrogens (primary N) is 1. The number of amides is 1. The smallest absolute Gasteiger partial charge is 0.261 e. The predicted octanol–water partition coefficient (Wildman–Crippen LogP) is 17.5. The minimum atomic E-state index is -1.03. The van der Waals surface area contributed by atoms with Crippen molar-refractivity contribution in [3.05, 3.63) is 257 Å². The summed E-state index contributed by atoms with van der Waals surface area (Å²) < 4.78 is 50.4. The number of nitrogens with one attached hydrogen (secondary N) is 3. The number of piperidine rings is 1. The number of ketones is 2. The maximum Gasteiger partial charge on any atom is 0.261 e. The van der Waals surface area contributed by atoms with Gasteiger partial charge >= 0.3 is 0 Å². The molecule has 674 valence electrons. The van der Waals surface area contributed by atoms with Gasteiger partial charge in [-0.3, -0.25) is 29.2 Å². The lowest BCUT2D eigenvalue weighted by molar-refractivity contribution is -0.337. The molecule has 1 aliphatic carbocycles. The summed E-state index contributed by atoms with van der Waals surface area (Å²) in [5, 5.41) is 24.0. The number of furan rings is 1. The number of pyridine rings is 1. The van der Waals surface area contributed by atoms with Crippen LogP contribution in [0, 0.1) is 5.82 Å². The Hall–Kier alpha value is -13.7. The Bertz CT molecular complexity index is 7310. The van der Waals surface area contributed by atoms with Gasteiger partial charge in [0.25, 0.3) is 5.56 Å². The summed E-state index contributed by atoms with van der Waals surface area (Å²) in [7, 11) is 3.82. The fourth-order valence-electron chi connectivity index (χ4n) is 20.8. The first-order valence-corrected chi connectivity index (χ1v) is 45.8. The zero-order valence-corrected chi connectivity index (χ0v) is 75.2. The summed E-state index contributed by atoms with van der Waals surface area (Å²) in [6.45, 7) is 21.1. The van der Waals surface area contributed by atoms with Gasteiger partial charge in [-0.1, -0.05) is 134 Å². The number of piperazine rings is 2. The van der Waals surface area contributed by atoms with Crippen LogP contribution in [-0.4, -0.2) is 204 Å². The second kappa shape index (κ2) is 35.9. The number of methoxy groups -OCH3 is 1. The Balaban J connectivity index is 0.000000114. The van der Waals surface area contributed by atoms with E-state index in [9.17, 15) is 28.7 Å².